The molecule has 2 rings (SSSR count). The molecule has 0 fully saturated rings. The average Bonchev–Trinajstić information content (AvgIpc) is 2.47. The average molecular weight is 334 g/mol. The van der Waals surface area contributed by atoms with E-state index in [2.05, 4.69) is 20.6 Å². The number of anilines is 3. The van der Waals surface area contributed by atoms with Crippen molar-refractivity contribution in [1.82, 2.24) is 9.97 Å². The topological polar surface area (TPSA) is 70.1 Å². The quantitative estimate of drug-likeness (QED) is 0.734. The number of halogens is 5. The zero-order valence-electron chi connectivity index (χ0n) is 11.5. The van der Waals surface area contributed by atoms with E-state index in [4.69, 9.17) is 5.11 Å². The molecule has 0 amide bonds. The van der Waals surface area contributed by atoms with E-state index in [1.807, 2.05) is 0 Å². The van der Waals surface area contributed by atoms with Crippen molar-refractivity contribution in [2.75, 3.05) is 23.8 Å². The van der Waals surface area contributed by atoms with Crippen LogP contribution in [-0.4, -0.2) is 28.2 Å². The molecule has 0 aliphatic rings. The molecule has 1 aromatic heterocycles. The largest absolute Gasteiger partial charge is 0.433 e. The summed E-state index contributed by atoms with van der Waals surface area (Å²) >= 11 is 0. The number of aliphatic hydroxyl groups excluding tert-OH is 1. The van der Waals surface area contributed by atoms with E-state index in [1.54, 1.807) is 0 Å². The molecule has 124 valence electrons. The highest BCUT2D eigenvalue weighted by Gasteiger charge is 2.33. The molecule has 23 heavy (non-hydrogen) atoms. The van der Waals surface area contributed by atoms with Crippen molar-refractivity contribution in [1.29, 1.82) is 0 Å². The summed E-state index contributed by atoms with van der Waals surface area (Å²) in [7, 11) is 0. The van der Waals surface area contributed by atoms with E-state index in [9.17, 15) is 22.0 Å². The predicted molar refractivity (Wildman–Crippen MR) is 72.3 cm³/mol. The molecule has 0 saturated heterocycles. The van der Waals surface area contributed by atoms with E-state index in [0.717, 1.165) is 12.1 Å². The van der Waals surface area contributed by atoms with Crippen LogP contribution in [0, 0.1) is 11.6 Å². The summed E-state index contributed by atoms with van der Waals surface area (Å²) in [4.78, 5) is 7.01. The van der Waals surface area contributed by atoms with Crippen molar-refractivity contribution in [3.8, 4) is 0 Å². The van der Waals surface area contributed by atoms with E-state index < -0.39 is 23.5 Å². The Kier molecular flexibility index (Phi) is 4.94. The van der Waals surface area contributed by atoms with Crippen molar-refractivity contribution < 1.29 is 27.1 Å². The second-order valence-electron chi connectivity index (χ2n) is 4.36. The number of nitrogens with one attached hydrogen (secondary N) is 2. The Morgan fingerprint density at radius 2 is 1.83 bits per heavy atom. The molecule has 1 heterocycles. The van der Waals surface area contributed by atoms with Gasteiger partial charge < -0.3 is 15.7 Å². The molecule has 10 heteroatoms. The summed E-state index contributed by atoms with van der Waals surface area (Å²) in [6.45, 7) is -0.402. The number of hydrogen-bond acceptors (Lipinski definition) is 5. The molecule has 1 aromatic carbocycles. The zero-order valence-corrected chi connectivity index (χ0v) is 11.5. The molecule has 0 aliphatic heterocycles. The third-order valence-electron chi connectivity index (χ3n) is 2.61. The smallest absolute Gasteiger partial charge is 0.395 e. The van der Waals surface area contributed by atoms with Crippen LogP contribution in [0.3, 0.4) is 0 Å². The van der Waals surface area contributed by atoms with E-state index in [-0.39, 0.29) is 30.6 Å². The Bertz CT molecular complexity index is 693. The van der Waals surface area contributed by atoms with Crippen LogP contribution in [0.25, 0.3) is 0 Å². The molecule has 0 atom stereocenters. The van der Waals surface area contributed by atoms with Gasteiger partial charge >= 0.3 is 6.18 Å². The molecule has 0 aliphatic carbocycles. The van der Waals surface area contributed by atoms with Gasteiger partial charge in [0.15, 0.2) is 5.69 Å². The van der Waals surface area contributed by atoms with Gasteiger partial charge in [0, 0.05) is 18.7 Å². The van der Waals surface area contributed by atoms with Gasteiger partial charge in [0.05, 0.1) is 12.3 Å². The lowest BCUT2D eigenvalue weighted by atomic mass is 10.3. The first-order valence-corrected chi connectivity index (χ1v) is 6.32. The predicted octanol–water partition coefficient (Wildman–Crippen LogP) is 2.92. The third kappa shape index (κ3) is 4.49. The zero-order chi connectivity index (χ0) is 17.0. The number of rotatable bonds is 5. The third-order valence-corrected chi connectivity index (χ3v) is 2.61. The van der Waals surface area contributed by atoms with Crippen LogP contribution in [-0.2, 0) is 6.18 Å². The Hall–Kier alpha value is -2.49. The van der Waals surface area contributed by atoms with Crippen molar-refractivity contribution in [3.05, 3.63) is 41.6 Å². The van der Waals surface area contributed by atoms with Crippen molar-refractivity contribution in [2.24, 2.45) is 0 Å². The standard InChI is InChI=1S/C13H11F5N4O/c14-7-1-2-9(8(15)5-7)20-11-6-10(13(16,17)18)21-12(22-11)19-3-4-23/h1-2,5-6,23H,3-4H2,(H2,19,20,21,22). The van der Waals surface area contributed by atoms with Gasteiger partial charge in [-0.25, -0.2) is 13.8 Å². The molecule has 0 saturated carbocycles. The fourth-order valence-corrected chi connectivity index (χ4v) is 1.63. The minimum absolute atomic E-state index is 0.0638. The van der Waals surface area contributed by atoms with Crippen LogP contribution < -0.4 is 10.6 Å². The number of benzene rings is 1. The normalized spacial score (nSPS) is 11.4. The van der Waals surface area contributed by atoms with Gasteiger partial charge in [0.25, 0.3) is 0 Å². The van der Waals surface area contributed by atoms with Gasteiger partial charge in [-0.15, -0.1) is 0 Å². The van der Waals surface area contributed by atoms with E-state index in [0.29, 0.717) is 12.1 Å². The van der Waals surface area contributed by atoms with Crippen LogP contribution in [0.2, 0.25) is 0 Å². The fourth-order valence-electron chi connectivity index (χ4n) is 1.63. The lowest BCUT2D eigenvalue weighted by Crippen LogP contribution is -2.15. The van der Waals surface area contributed by atoms with Crippen molar-refractivity contribution in [3.63, 3.8) is 0 Å². The second-order valence-corrected chi connectivity index (χ2v) is 4.36. The maximum atomic E-state index is 13.6. The fraction of sp³-hybridized carbons (Fsp3) is 0.231. The minimum Gasteiger partial charge on any atom is -0.395 e. The van der Waals surface area contributed by atoms with Crippen LogP contribution in [0.1, 0.15) is 5.69 Å². The molecule has 0 unspecified atom stereocenters. The molecule has 3 N–H and O–H groups in total. The summed E-state index contributed by atoms with van der Waals surface area (Å²) < 4.78 is 64.9. The Morgan fingerprint density at radius 3 is 2.43 bits per heavy atom. The number of aromatic nitrogens is 2. The molecule has 0 spiro atoms. The monoisotopic (exact) mass is 334 g/mol. The lowest BCUT2D eigenvalue weighted by molar-refractivity contribution is -0.141. The number of nitrogens with zero attached hydrogens (tertiary/aromatic N) is 2. The summed E-state index contributed by atoms with van der Waals surface area (Å²) in [6, 6.07) is 3.15. The maximum absolute atomic E-state index is 13.6. The molecule has 2 aromatic rings. The number of hydrogen-bond donors (Lipinski definition) is 3. The van der Waals surface area contributed by atoms with Gasteiger partial charge in [0.1, 0.15) is 17.5 Å². The summed E-state index contributed by atoms with van der Waals surface area (Å²) in [6.07, 6.45) is -4.74. The van der Waals surface area contributed by atoms with Gasteiger partial charge in [-0.2, -0.15) is 18.2 Å². The molecular formula is C13H11F5N4O. The van der Waals surface area contributed by atoms with Gasteiger partial charge in [-0.05, 0) is 12.1 Å². The minimum atomic E-state index is -4.74. The summed E-state index contributed by atoms with van der Waals surface area (Å²) in [5.41, 5.74) is -1.50. The van der Waals surface area contributed by atoms with Gasteiger partial charge in [0.2, 0.25) is 5.95 Å². The lowest BCUT2D eigenvalue weighted by Gasteiger charge is -2.12. The van der Waals surface area contributed by atoms with E-state index in [1.165, 1.54) is 0 Å². The highest BCUT2D eigenvalue weighted by atomic mass is 19.4. The van der Waals surface area contributed by atoms with Crippen molar-refractivity contribution >= 4 is 17.5 Å². The SMILES string of the molecule is OCCNc1nc(Nc2ccc(F)cc2F)cc(C(F)(F)F)n1. The van der Waals surface area contributed by atoms with Crippen LogP contribution in [0.15, 0.2) is 24.3 Å². The van der Waals surface area contributed by atoms with Crippen LogP contribution in [0.4, 0.5) is 39.4 Å². The maximum Gasteiger partial charge on any atom is 0.433 e. The highest BCUT2D eigenvalue weighted by Crippen LogP contribution is 2.30. The second kappa shape index (κ2) is 6.73. The van der Waals surface area contributed by atoms with Crippen LogP contribution in [0.5, 0.6) is 0 Å². The van der Waals surface area contributed by atoms with Crippen LogP contribution >= 0.6 is 0 Å². The Balaban J connectivity index is 2.36. The molecule has 0 bridgehead atoms. The molecular weight excluding hydrogens is 323 g/mol. The van der Waals surface area contributed by atoms with Gasteiger partial charge in [-0.3, -0.25) is 0 Å². The first-order valence-electron chi connectivity index (χ1n) is 6.32. The highest BCUT2D eigenvalue weighted by molar-refractivity contribution is 5.58. The first-order chi connectivity index (χ1) is 10.8. The Labute approximate surface area is 127 Å². The number of alkyl halides is 3. The van der Waals surface area contributed by atoms with Crippen molar-refractivity contribution in [2.45, 2.75) is 6.18 Å². The summed E-state index contributed by atoms with van der Waals surface area (Å²) in [5, 5.41) is 13.4. The summed E-state index contributed by atoms with van der Waals surface area (Å²) in [5.74, 6) is -2.53. The molecule has 0 radical (unpaired) electrons. The first kappa shape index (κ1) is 16.9. The Morgan fingerprint density at radius 1 is 1.09 bits per heavy atom. The molecule has 5 nitrogen and oxygen atoms in total. The number of aliphatic hydroxyl groups is 1. The van der Waals surface area contributed by atoms with E-state index >= 15 is 0 Å². The van der Waals surface area contributed by atoms with Gasteiger partial charge in [-0.1, -0.05) is 0 Å².